The van der Waals surface area contributed by atoms with Crippen molar-refractivity contribution < 1.29 is 4.79 Å². The van der Waals surface area contributed by atoms with Gasteiger partial charge in [0.15, 0.2) is 0 Å². The molecule has 3 atom stereocenters. The van der Waals surface area contributed by atoms with Gasteiger partial charge in [0.25, 0.3) is 5.91 Å². The predicted octanol–water partition coefficient (Wildman–Crippen LogP) is 2.68. The maximum Gasteiger partial charge on any atom is 0.255 e. The molecule has 104 valence electrons. The van der Waals surface area contributed by atoms with Crippen molar-refractivity contribution in [2.24, 2.45) is 17.6 Å². The molecule has 1 amide bonds. The Labute approximate surface area is 128 Å². The van der Waals surface area contributed by atoms with Gasteiger partial charge in [-0.15, -0.1) is 12.4 Å². The average molecular weight is 346 g/mol. The quantitative estimate of drug-likeness (QED) is 0.850. The van der Waals surface area contributed by atoms with Gasteiger partial charge in [0.05, 0.1) is 5.56 Å². The molecule has 3 unspecified atom stereocenters. The monoisotopic (exact) mass is 344 g/mol. The fourth-order valence-electron chi connectivity index (χ4n) is 3.28. The van der Waals surface area contributed by atoms with E-state index >= 15 is 0 Å². The number of halogens is 2. The normalized spacial score (nSPS) is 28.9. The molecular formula is C14H18BrClN2O. The molecule has 1 heterocycles. The molecule has 2 N–H and O–H groups in total. The van der Waals surface area contributed by atoms with Crippen LogP contribution in [0.15, 0.2) is 28.7 Å². The standard InChI is InChI=1S/C14H17BrN2O.ClH/c15-12-4-2-1-3-10(12)14(18)17-7-9-5-6-13(16)11(9)8-17;/h1-4,9,11,13H,5-8,16H2;1H. The summed E-state index contributed by atoms with van der Waals surface area (Å²) in [5.41, 5.74) is 6.86. The molecule has 0 aromatic heterocycles. The lowest BCUT2D eigenvalue weighted by atomic mass is 9.98. The summed E-state index contributed by atoms with van der Waals surface area (Å²) in [6.07, 6.45) is 2.29. The number of nitrogens with zero attached hydrogens (tertiary/aromatic N) is 1. The summed E-state index contributed by atoms with van der Waals surface area (Å²) < 4.78 is 0.872. The fourth-order valence-corrected chi connectivity index (χ4v) is 3.73. The van der Waals surface area contributed by atoms with Crippen LogP contribution >= 0.6 is 28.3 Å². The predicted molar refractivity (Wildman–Crippen MR) is 81.5 cm³/mol. The Morgan fingerprint density at radius 2 is 2.00 bits per heavy atom. The van der Waals surface area contributed by atoms with Crippen LogP contribution in [0.3, 0.4) is 0 Å². The van der Waals surface area contributed by atoms with E-state index in [2.05, 4.69) is 15.9 Å². The van der Waals surface area contributed by atoms with E-state index in [-0.39, 0.29) is 24.4 Å². The molecule has 1 aromatic carbocycles. The number of carbonyl (C=O) groups excluding carboxylic acids is 1. The second kappa shape index (κ2) is 5.81. The van der Waals surface area contributed by atoms with E-state index in [1.807, 2.05) is 29.2 Å². The van der Waals surface area contributed by atoms with Crippen molar-refractivity contribution in [3.8, 4) is 0 Å². The number of benzene rings is 1. The maximum atomic E-state index is 12.5. The number of hydrogen-bond donors (Lipinski definition) is 1. The Bertz CT molecular complexity index is 482. The lowest BCUT2D eigenvalue weighted by Gasteiger charge is -2.19. The number of fused-ring (bicyclic) bond motifs is 1. The van der Waals surface area contributed by atoms with Gasteiger partial charge in [-0.05, 0) is 52.7 Å². The first-order valence-corrected chi connectivity index (χ1v) is 7.25. The summed E-state index contributed by atoms with van der Waals surface area (Å²) in [5, 5.41) is 0. The van der Waals surface area contributed by atoms with E-state index in [9.17, 15) is 4.79 Å². The third-order valence-electron chi connectivity index (χ3n) is 4.30. The van der Waals surface area contributed by atoms with E-state index in [0.717, 1.165) is 29.5 Å². The van der Waals surface area contributed by atoms with Gasteiger partial charge in [0.1, 0.15) is 0 Å². The van der Waals surface area contributed by atoms with Crippen molar-refractivity contribution in [1.29, 1.82) is 0 Å². The van der Waals surface area contributed by atoms with Crippen LogP contribution in [0.1, 0.15) is 23.2 Å². The van der Waals surface area contributed by atoms with Crippen LogP contribution in [0.5, 0.6) is 0 Å². The van der Waals surface area contributed by atoms with Crippen LogP contribution in [0.4, 0.5) is 0 Å². The second-order valence-electron chi connectivity index (χ2n) is 5.36. The van der Waals surface area contributed by atoms with Crippen LogP contribution in [-0.2, 0) is 0 Å². The summed E-state index contributed by atoms with van der Waals surface area (Å²) in [7, 11) is 0. The first-order valence-electron chi connectivity index (χ1n) is 6.46. The lowest BCUT2D eigenvalue weighted by Crippen LogP contribution is -2.33. The van der Waals surface area contributed by atoms with E-state index in [1.54, 1.807) is 0 Å². The molecule has 19 heavy (non-hydrogen) atoms. The first-order chi connectivity index (χ1) is 8.66. The molecule has 2 aliphatic rings. The average Bonchev–Trinajstić information content (AvgIpc) is 2.92. The van der Waals surface area contributed by atoms with Gasteiger partial charge in [0, 0.05) is 23.6 Å². The van der Waals surface area contributed by atoms with E-state index in [0.29, 0.717) is 11.8 Å². The van der Waals surface area contributed by atoms with Crippen LogP contribution < -0.4 is 5.73 Å². The third kappa shape index (κ3) is 2.67. The lowest BCUT2D eigenvalue weighted by molar-refractivity contribution is 0.0778. The number of nitrogens with two attached hydrogens (primary N) is 1. The smallest absolute Gasteiger partial charge is 0.255 e. The minimum absolute atomic E-state index is 0. The van der Waals surface area contributed by atoms with E-state index in [1.165, 1.54) is 6.42 Å². The summed E-state index contributed by atoms with van der Waals surface area (Å²) in [5.74, 6) is 1.26. The number of hydrogen-bond acceptors (Lipinski definition) is 2. The Hall–Kier alpha value is -0.580. The highest BCUT2D eigenvalue weighted by Gasteiger charge is 2.42. The number of carbonyl (C=O) groups is 1. The molecule has 3 nitrogen and oxygen atoms in total. The minimum atomic E-state index is 0. The van der Waals surface area contributed by atoms with Crippen LogP contribution in [0.2, 0.25) is 0 Å². The molecule has 0 spiro atoms. The Morgan fingerprint density at radius 3 is 2.68 bits per heavy atom. The van der Waals surface area contributed by atoms with Gasteiger partial charge in [-0.2, -0.15) is 0 Å². The highest BCUT2D eigenvalue weighted by Crippen LogP contribution is 2.37. The molecule has 1 aliphatic heterocycles. The Morgan fingerprint density at radius 1 is 1.26 bits per heavy atom. The van der Waals surface area contributed by atoms with E-state index in [4.69, 9.17) is 5.73 Å². The topological polar surface area (TPSA) is 46.3 Å². The van der Waals surface area contributed by atoms with Crippen LogP contribution in [0, 0.1) is 11.8 Å². The van der Waals surface area contributed by atoms with Gasteiger partial charge in [-0.25, -0.2) is 0 Å². The van der Waals surface area contributed by atoms with Crippen molar-refractivity contribution in [3.63, 3.8) is 0 Å². The first kappa shape index (κ1) is 14.8. The molecule has 0 radical (unpaired) electrons. The summed E-state index contributed by atoms with van der Waals surface area (Å²) in [6, 6.07) is 7.90. The highest BCUT2D eigenvalue weighted by atomic mass is 79.9. The van der Waals surface area contributed by atoms with Crippen molar-refractivity contribution in [2.75, 3.05) is 13.1 Å². The molecular weight excluding hydrogens is 328 g/mol. The van der Waals surface area contributed by atoms with Crippen molar-refractivity contribution >= 4 is 34.2 Å². The Kier molecular flexibility index (Phi) is 4.54. The van der Waals surface area contributed by atoms with Gasteiger partial charge >= 0.3 is 0 Å². The molecule has 1 aromatic rings. The number of rotatable bonds is 1. The maximum absolute atomic E-state index is 12.5. The molecule has 1 saturated carbocycles. The second-order valence-corrected chi connectivity index (χ2v) is 6.21. The number of likely N-dealkylation sites (tertiary alicyclic amines) is 1. The summed E-state index contributed by atoms with van der Waals surface area (Å²) >= 11 is 3.44. The SMILES string of the molecule is Cl.NC1CCC2CN(C(=O)c3ccccc3Br)CC12. The Balaban J connectivity index is 0.00000133. The van der Waals surface area contributed by atoms with Gasteiger partial charge in [-0.3, -0.25) is 4.79 Å². The summed E-state index contributed by atoms with van der Waals surface area (Å²) in [6.45, 7) is 1.70. The molecule has 1 saturated heterocycles. The van der Waals surface area contributed by atoms with Gasteiger partial charge in [-0.1, -0.05) is 12.1 Å². The van der Waals surface area contributed by atoms with Crippen LogP contribution in [0.25, 0.3) is 0 Å². The van der Waals surface area contributed by atoms with Gasteiger partial charge in [0.2, 0.25) is 0 Å². The van der Waals surface area contributed by atoms with Gasteiger partial charge < -0.3 is 10.6 Å². The third-order valence-corrected chi connectivity index (χ3v) is 5.00. The molecule has 0 bridgehead atoms. The molecule has 2 fully saturated rings. The largest absolute Gasteiger partial charge is 0.338 e. The van der Waals surface area contributed by atoms with Crippen molar-refractivity contribution in [3.05, 3.63) is 34.3 Å². The highest BCUT2D eigenvalue weighted by molar-refractivity contribution is 9.10. The molecule has 5 heteroatoms. The molecule has 1 aliphatic carbocycles. The van der Waals surface area contributed by atoms with Crippen molar-refractivity contribution in [1.82, 2.24) is 4.90 Å². The zero-order valence-electron chi connectivity index (χ0n) is 10.6. The fraction of sp³-hybridized carbons (Fsp3) is 0.500. The molecule has 3 rings (SSSR count). The minimum Gasteiger partial charge on any atom is -0.338 e. The van der Waals surface area contributed by atoms with E-state index < -0.39 is 0 Å². The van der Waals surface area contributed by atoms with Crippen molar-refractivity contribution in [2.45, 2.75) is 18.9 Å². The summed E-state index contributed by atoms with van der Waals surface area (Å²) in [4.78, 5) is 14.4. The number of amides is 1. The zero-order valence-corrected chi connectivity index (χ0v) is 13.0. The van der Waals surface area contributed by atoms with Crippen LogP contribution in [-0.4, -0.2) is 29.9 Å². The zero-order chi connectivity index (χ0) is 12.7.